The van der Waals surface area contributed by atoms with Crippen LogP contribution in [0.2, 0.25) is 0 Å². The molecule has 1 unspecified atom stereocenters. The predicted molar refractivity (Wildman–Crippen MR) is 204 cm³/mol. The first-order valence-electron chi connectivity index (χ1n) is 17.8. The molecule has 258 valence electrons. The van der Waals surface area contributed by atoms with Gasteiger partial charge in [0.2, 0.25) is 11.8 Å². The molecule has 8 rings (SSSR count). The zero-order valence-electron chi connectivity index (χ0n) is 28.7. The highest BCUT2D eigenvalue weighted by atomic mass is 16.5. The second-order valence-corrected chi connectivity index (χ2v) is 13.3. The van der Waals surface area contributed by atoms with E-state index in [2.05, 4.69) is 0 Å². The Morgan fingerprint density at radius 2 is 1.42 bits per heavy atom. The molecule has 1 amide bonds. The van der Waals surface area contributed by atoms with E-state index >= 15 is 0 Å². The van der Waals surface area contributed by atoms with Gasteiger partial charge in [0, 0.05) is 29.5 Å². The van der Waals surface area contributed by atoms with Crippen LogP contribution in [0.5, 0.6) is 5.88 Å². The molecule has 1 aromatic heterocycles. The van der Waals surface area contributed by atoms with Crippen LogP contribution in [0.4, 0.5) is 11.4 Å². The quantitative estimate of drug-likeness (QED) is 0.107. The van der Waals surface area contributed by atoms with E-state index in [9.17, 15) is 14.4 Å². The molecule has 5 aromatic carbocycles. The topological polar surface area (TPSA) is 84.2 Å². The molecular weight excluding hydrogens is 649 g/mol. The van der Waals surface area contributed by atoms with Crippen LogP contribution in [0.25, 0.3) is 10.9 Å². The zero-order chi connectivity index (χ0) is 35.4. The van der Waals surface area contributed by atoms with Crippen molar-refractivity contribution in [1.82, 2.24) is 4.57 Å². The van der Waals surface area contributed by atoms with Crippen molar-refractivity contribution in [2.75, 3.05) is 16.5 Å². The third kappa shape index (κ3) is 6.51. The smallest absolute Gasteiger partial charge is 0.315 e. The van der Waals surface area contributed by atoms with Gasteiger partial charge < -0.3 is 9.64 Å². The third-order valence-electron chi connectivity index (χ3n) is 9.90. The standard InChI is InChI=1S/C44H38N4O4/c49-40(48-39-24-13-10-21-35(39)36-27-26-33(44(51)52-43(36)48)29-31-15-4-1-5-16-31)25-14-28-46-38-23-12-11-22-37(38)41(42(46)50)45-47(34-19-8-3-9-20-34)30-32-17-6-2-7-18-32/h1-13,15-24,33H,14,25-30H2/b45-41+. The molecule has 2 aliphatic heterocycles. The van der Waals surface area contributed by atoms with Gasteiger partial charge in [-0.1, -0.05) is 115 Å². The zero-order valence-corrected chi connectivity index (χ0v) is 28.7. The van der Waals surface area contributed by atoms with Crippen LogP contribution in [0.15, 0.2) is 145 Å². The van der Waals surface area contributed by atoms with E-state index in [1.165, 1.54) is 0 Å². The summed E-state index contributed by atoms with van der Waals surface area (Å²) >= 11 is 0. The number of hydrazone groups is 1. The Morgan fingerprint density at radius 3 is 2.19 bits per heavy atom. The number of para-hydroxylation sites is 3. The maximum atomic E-state index is 14.1. The van der Waals surface area contributed by atoms with Gasteiger partial charge in [0.15, 0.2) is 5.71 Å². The molecule has 0 aliphatic carbocycles. The van der Waals surface area contributed by atoms with Crippen molar-refractivity contribution in [3.05, 3.63) is 162 Å². The Labute approximate surface area is 302 Å². The van der Waals surface area contributed by atoms with Crippen LogP contribution in [-0.2, 0) is 29.0 Å². The molecule has 0 fully saturated rings. The molecule has 3 heterocycles. The molecular formula is C44H38N4O4. The Hall–Kier alpha value is -6.28. The number of anilines is 2. The minimum absolute atomic E-state index is 0.151. The van der Waals surface area contributed by atoms with Crippen molar-refractivity contribution in [3.63, 3.8) is 0 Å². The highest BCUT2D eigenvalue weighted by Crippen LogP contribution is 2.38. The van der Waals surface area contributed by atoms with Crippen molar-refractivity contribution in [2.24, 2.45) is 11.0 Å². The molecule has 2 aliphatic rings. The van der Waals surface area contributed by atoms with Crippen molar-refractivity contribution in [2.45, 2.75) is 38.6 Å². The van der Waals surface area contributed by atoms with Crippen LogP contribution in [-0.4, -0.2) is 34.6 Å². The number of amides is 1. The summed E-state index contributed by atoms with van der Waals surface area (Å²) in [6.07, 6.45) is 2.41. The Bertz CT molecular complexity index is 2280. The van der Waals surface area contributed by atoms with Gasteiger partial charge >= 0.3 is 5.97 Å². The fourth-order valence-corrected chi connectivity index (χ4v) is 7.32. The summed E-state index contributed by atoms with van der Waals surface area (Å²) in [4.78, 5) is 43.4. The molecule has 52 heavy (non-hydrogen) atoms. The number of ether oxygens (including phenoxy) is 1. The normalized spacial score (nSPS) is 16.0. The number of aromatic nitrogens is 1. The Morgan fingerprint density at radius 1 is 0.769 bits per heavy atom. The Kier molecular flexibility index (Phi) is 9.19. The summed E-state index contributed by atoms with van der Waals surface area (Å²) in [5.41, 5.74) is 6.52. The van der Waals surface area contributed by atoms with Crippen LogP contribution < -0.4 is 14.6 Å². The van der Waals surface area contributed by atoms with Gasteiger partial charge in [-0.05, 0) is 61.1 Å². The maximum absolute atomic E-state index is 14.1. The summed E-state index contributed by atoms with van der Waals surface area (Å²) in [6.45, 7) is 0.815. The van der Waals surface area contributed by atoms with Gasteiger partial charge in [0.25, 0.3) is 5.91 Å². The number of aryl methyl sites for hydroxylation is 1. The molecule has 0 radical (unpaired) electrons. The second kappa shape index (κ2) is 14.5. The molecule has 0 bridgehead atoms. The van der Waals surface area contributed by atoms with E-state index in [4.69, 9.17) is 9.84 Å². The average molecular weight is 687 g/mol. The van der Waals surface area contributed by atoms with E-state index in [1.54, 1.807) is 9.47 Å². The lowest BCUT2D eigenvalue weighted by Crippen LogP contribution is -2.33. The van der Waals surface area contributed by atoms with Gasteiger partial charge in [-0.2, -0.15) is 5.10 Å². The molecule has 0 saturated carbocycles. The monoisotopic (exact) mass is 686 g/mol. The first kappa shape index (κ1) is 32.9. The van der Waals surface area contributed by atoms with Gasteiger partial charge in [0.1, 0.15) is 0 Å². The van der Waals surface area contributed by atoms with Crippen molar-refractivity contribution in [3.8, 4) is 5.88 Å². The fraction of sp³-hybridized carbons (Fsp3) is 0.182. The third-order valence-corrected chi connectivity index (χ3v) is 9.90. The maximum Gasteiger partial charge on any atom is 0.315 e. The largest absolute Gasteiger partial charge is 0.408 e. The highest BCUT2D eigenvalue weighted by molar-refractivity contribution is 6.54. The second-order valence-electron chi connectivity index (χ2n) is 13.3. The number of benzene rings is 5. The molecule has 1 atom stereocenters. The summed E-state index contributed by atoms with van der Waals surface area (Å²) < 4.78 is 7.64. The number of hydrogen-bond donors (Lipinski definition) is 0. The van der Waals surface area contributed by atoms with E-state index in [-0.39, 0.29) is 30.1 Å². The average Bonchev–Trinajstić information content (AvgIpc) is 3.57. The van der Waals surface area contributed by atoms with Gasteiger partial charge in [0.05, 0.1) is 29.4 Å². The van der Waals surface area contributed by atoms with E-state index in [0.29, 0.717) is 50.4 Å². The summed E-state index contributed by atoms with van der Waals surface area (Å²) in [6, 6.07) is 45.2. The van der Waals surface area contributed by atoms with Gasteiger partial charge in [-0.15, -0.1) is 0 Å². The van der Waals surface area contributed by atoms with Crippen LogP contribution >= 0.6 is 0 Å². The van der Waals surface area contributed by atoms with E-state index in [0.717, 1.165) is 44.5 Å². The molecule has 0 spiro atoms. The van der Waals surface area contributed by atoms with Crippen LogP contribution in [0, 0.1) is 5.92 Å². The minimum atomic E-state index is -0.317. The lowest BCUT2D eigenvalue weighted by atomic mass is 9.93. The van der Waals surface area contributed by atoms with Gasteiger partial charge in [-0.25, -0.2) is 4.57 Å². The number of fused-ring (bicyclic) bond motifs is 4. The minimum Gasteiger partial charge on any atom is -0.408 e. The lowest BCUT2D eigenvalue weighted by molar-refractivity contribution is -0.139. The summed E-state index contributed by atoms with van der Waals surface area (Å²) in [7, 11) is 0. The van der Waals surface area contributed by atoms with E-state index < -0.39 is 0 Å². The first-order valence-corrected chi connectivity index (χ1v) is 17.8. The molecule has 8 heteroatoms. The van der Waals surface area contributed by atoms with Crippen LogP contribution in [0.1, 0.15) is 46.3 Å². The van der Waals surface area contributed by atoms with Crippen molar-refractivity contribution >= 4 is 45.8 Å². The van der Waals surface area contributed by atoms with Gasteiger partial charge in [-0.3, -0.25) is 19.4 Å². The van der Waals surface area contributed by atoms with Crippen LogP contribution in [0.3, 0.4) is 0 Å². The molecule has 6 aromatic rings. The number of hydrogen-bond acceptors (Lipinski definition) is 6. The fourth-order valence-electron chi connectivity index (χ4n) is 7.32. The molecule has 8 nitrogen and oxygen atoms in total. The molecule has 0 N–H and O–H groups in total. The SMILES string of the molecule is O=C1Oc2c(c3ccccc3n2C(=O)CCCN2C(=O)/C(=N/N(Cc3ccccc3)c3ccccc3)c3ccccc32)CCC1Cc1ccccc1. The summed E-state index contributed by atoms with van der Waals surface area (Å²) in [5, 5.41) is 7.75. The molecule has 0 saturated heterocycles. The summed E-state index contributed by atoms with van der Waals surface area (Å²) in [5.74, 6) is -0.690. The number of carbonyl (C=O) groups is 3. The number of esters is 1. The van der Waals surface area contributed by atoms with E-state index in [1.807, 2.05) is 145 Å². The number of rotatable bonds is 10. The lowest BCUT2D eigenvalue weighted by Gasteiger charge is -2.20. The Balaban J connectivity index is 1.02. The number of nitrogens with zero attached hydrogens (tertiary/aromatic N) is 4. The highest BCUT2D eigenvalue weighted by Gasteiger charge is 2.35. The first-order chi connectivity index (χ1) is 25.5. The van der Waals surface area contributed by atoms with Crippen molar-refractivity contribution < 1.29 is 19.1 Å². The van der Waals surface area contributed by atoms with Crippen molar-refractivity contribution in [1.29, 1.82) is 0 Å². The number of carbonyl (C=O) groups excluding carboxylic acids is 3. The predicted octanol–water partition coefficient (Wildman–Crippen LogP) is 8.23.